The van der Waals surface area contributed by atoms with Crippen molar-refractivity contribution in [3.63, 3.8) is 0 Å². The van der Waals surface area contributed by atoms with Gasteiger partial charge in [-0.05, 0) is 24.6 Å². The first-order valence-electron chi connectivity index (χ1n) is 3.77. The van der Waals surface area contributed by atoms with Crippen molar-refractivity contribution in [2.75, 3.05) is 0 Å². The molecule has 1 N–H and O–H groups in total. The van der Waals surface area contributed by atoms with Gasteiger partial charge in [0, 0.05) is 0 Å². The summed E-state index contributed by atoms with van der Waals surface area (Å²) >= 11 is -2.51. The molecule has 0 aliphatic rings. The second-order valence-corrected chi connectivity index (χ2v) is 3.69. The van der Waals surface area contributed by atoms with Crippen molar-refractivity contribution in [3.05, 3.63) is 23.8 Å². The number of benzene rings is 1. The molecular weight excluding hydrogens is 233 g/mol. The highest BCUT2D eigenvalue weighted by Gasteiger charge is 2.32. The van der Waals surface area contributed by atoms with Crippen LogP contribution in [0.4, 0.5) is 13.2 Å². The minimum Gasteiger partial charge on any atom is -0.404 e. The van der Waals surface area contributed by atoms with Gasteiger partial charge in [0.05, 0.1) is 0 Å². The monoisotopic (exact) mass is 240 g/mol. The van der Waals surface area contributed by atoms with E-state index in [1.54, 1.807) is 6.92 Å². The first-order valence-corrected chi connectivity index (χ1v) is 4.87. The Morgan fingerprint density at radius 1 is 1.40 bits per heavy atom. The quantitative estimate of drug-likeness (QED) is 0.808. The van der Waals surface area contributed by atoms with Crippen LogP contribution in [0.25, 0.3) is 0 Å². The van der Waals surface area contributed by atoms with Gasteiger partial charge in [-0.25, -0.2) is 4.21 Å². The molecule has 1 aromatic rings. The van der Waals surface area contributed by atoms with Gasteiger partial charge in [-0.15, -0.1) is 13.2 Å². The summed E-state index contributed by atoms with van der Waals surface area (Å²) in [5, 5.41) is 0. The Kier molecular flexibility index (Phi) is 3.35. The lowest BCUT2D eigenvalue weighted by Gasteiger charge is -2.11. The number of rotatable bonds is 2. The molecule has 15 heavy (non-hydrogen) atoms. The third-order valence-electron chi connectivity index (χ3n) is 1.51. The van der Waals surface area contributed by atoms with Crippen LogP contribution in [0, 0.1) is 6.92 Å². The lowest BCUT2D eigenvalue weighted by Crippen LogP contribution is -2.18. The predicted molar refractivity (Wildman–Crippen MR) is 46.9 cm³/mol. The van der Waals surface area contributed by atoms with E-state index in [1.165, 1.54) is 6.07 Å². The SMILES string of the molecule is Cc1ccc(S(=O)O)c(OC(F)(F)F)c1. The molecule has 3 nitrogen and oxygen atoms in total. The molecule has 1 aromatic carbocycles. The highest BCUT2D eigenvalue weighted by atomic mass is 32.2. The Hall–Kier alpha value is -1.08. The van der Waals surface area contributed by atoms with Gasteiger partial charge < -0.3 is 9.29 Å². The summed E-state index contributed by atoms with van der Waals surface area (Å²) in [6, 6.07) is 3.59. The van der Waals surface area contributed by atoms with Crippen molar-refractivity contribution in [3.8, 4) is 5.75 Å². The van der Waals surface area contributed by atoms with Crippen molar-refractivity contribution in [1.29, 1.82) is 0 Å². The average molecular weight is 240 g/mol. The van der Waals surface area contributed by atoms with Crippen molar-refractivity contribution in [2.24, 2.45) is 0 Å². The second-order valence-electron chi connectivity index (χ2n) is 2.75. The molecule has 0 heterocycles. The Morgan fingerprint density at radius 2 is 2.00 bits per heavy atom. The first kappa shape index (κ1) is 12.0. The van der Waals surface area contributed by atoms with Crippen LogP contribution in [0.1, 0.15) is 5.56 Å². The van der Waals surface area contributed by atoms with Crippen molar-refractivity contribution < 1.29 is 26.7 Å². The molecule has 0 bridgehead atoms. The van der Waals surface area contributed by atoms with E-state index in [2.05, 4.69) is 4.74 Å². The van der Waals surface area contributed by atoms with Crippen LogP contribution in [-0.2, 0) is 11.1 Å². The van der Waals surface area contributed by atoms with Crippen LogP contribution in [0.5, 0.6) is 5.75 Å². The molecule has 0 radical (unpaired) electrons. The molecule has 0 spiro atoms. The van der Waals surface area contributed by atoms with E-state index < -0.39 is 28.1 Å². The molecular formula is C8H7F3O3S. The maximum Gasteiger partial charge on any atom is 0.573 e. The van der Waals surface area contributed by atoms with Crippen LogP contribution < -0.4 is 4.74 Å². The van der Waals surface area contributed by atoms with Crippen LogP contribution in [0.2, 0.25) is 0 Å². The largest absolute Gasteiger partial charge is 0.573 e. The summed E-state index contributed by atoms with van der Waals surface area (Å²) < 4.78 is 58.8. The summed E-state index contributed by atoms with van der Waals surface area (Å²) in [5.41, 5.74) is 0.503. The number of aryl methyl sites for hydroxylation is 1. The molecule has 0 fully saturated rings. The topological polar surface area (TPSA) is 46.5 Å². The molecule has 1 unspecified atom stereocenters. The van der Waals surface area contributed by atoms with Gasteiger partial charge in [-0.2, -0.15) is 0 Å². The number of hydrogen-bond acceptors (Lipinski definition) is 2. The van der Waals surface area contributed by atoms with Gasteiger partial charge in [0.2, 0.25) is 0 Å². The smallest absolute Gasteiger partial charge is 0.404 e. The van der Waals surface area contributed by atoms with E-state index in [0.717, 1.165) is 12.1 Å². The van der Waals surface area contributed by atoms with Crippen LogP contribution in [0.3, 0.4) is 0 Å². The third-order valence-corrected chi connectivity index (χ3v) is 2.23. The lowest BCUT2D eigenvalue weighted by molar-refractivity contribution is -0.275. The molecule has 1 rings (SSSR count). The van der Waals surface area contributed by atoms with Crippen molar-refractivity contribution in [2.45, 2.75) is 18.2 Å². The van der Waals surface area contributed by atoms with E-state index in [1.807, 2.05) is 0 Å². The number of hydrogen-bond donors (Lipinski definition) is 1. The van der Waals surface area contributed by atoms with Crippen LogP contribution >= 0.6 is 0 Å². The van der Waals surface area contributed by atoms with Crippen molar-refractivity contribution >= 4 is 11.1 Å². The highest BCUT2D eigenvalue weighted by molar-refractivity contribution is 7.79. The fourth-order valence-corrected chi connectivity index (χ4v) is 1.42. The number of ether oxygens (including phenoxy) is 1. The Morgan fingerprint density at radius 3 is 2.47 bits per heavy atom. The average Bonchev–Trinajstić information content (AvgIpc) is 1.99. The van der Waals surface area contributed by atoms with E-state index in [0.29, 0.717) is 5.56 Å². The zero-order valence-corrected chi connectivity index (χ0v) is 8.35. The number of halogens is 3. The highest BCUT2D eigenvalue weighted by Crippen LogP contribution is 2.29. The van der Waals surface area contributed by atoms with E-state index in [4.69, 9.17) is 4.55 Å². The van der Waals surface area contributed by atoms with Gasteiger partial charge >= 0.3 is 6.36 Å². The predicted octanol–water partition coefficient (Wildman–Crippen LogP) is 2.47. The molecule has 0 saturated heterocycles. The van der Waals surface area contributed by atoms with Crippen molar-refractivity contribution in [1.82, 2.24) is 0 Å². The summed E-state index contributed by atoms with van der Waals surface area (Å²) in [7, 11) is 0. The minimum atomic E-state index is -4.87. The summed E-state index contributed by atoms with van der Waals surface area (Å²) in [6.07, 6.45) is -4.87. The Balaban J connectivity index is 3.13. The molecule has 7 heteroatoms. The lowest BCUT2D eigenvalue weighted by atomic mass is 10.2. The van der Waals surface area contributed by atoms with E-state index >= 15 is 0 Å². The zero-order chi connectivity index (χ0) is 11.6. The van der Waals surface area contributed by atoms with Crippen LogP contribution in [-0.4, -0.2) is 15.1 Å². The summed E-state index contributed by atoms with van der Waals surface area (Å²) in [5.74, 6) is -0.650. The van der Waals surface area contributed by atoms with E-state index in [9.17, 15) is 17.4 Å². The fourth-order valence-electron chi connectivity index (χ4n) is 0.964. The fraction of sp³-hybridized carbons (Fsp3) is 0.250. The maximum absolute atomic E-state index is 11.9. The third kappa shape index (κ3) is 3.52. The first-order chi connectivity index (χ1) is 6.79. The van der Waals surface area contributed by atoms with Gasteiger partial charge in [0.15, 0.2) is 11.1 Å². The van der Waals surface area contributed by atoms with Gasteiger partial charge in [0.1, 0.15) is 10.6 Å². The maximum atomic E-state index is 11.9. The molecule has 0 saturated carbocycles. The number of alkyl halides is 3. The molecule has 0 amide bonds. The molecule has 0 aliphatic heterocycles. The summed E-state index contributed by atoms with van der Waals surface area (Å²) in [6.45, 7) is 1.55. The Labute approximate surface area is 86.1 Å². The molecule has 1 atom stereocenters. The standard InChI is InChI=1S/C8H7F3O3S/c1-5-2-3-7(15(12)13)6(4-5)14-8(9,10)11/h2-4H,1H3,(H,12,13). The van der Waals surface area contributed by atoms with Gasteiger partial charge in [0.25, 0.3) is 0 Å². The van der Waals surface area contributed by atoms with Crippen LogP contribution in [0.15, 0.2) is 23.1 Å². The van der Waals surface area contributed by atoms with E-state index in [-0.39, 0.29) is 0 Å². The Bertz CT molecular complexity index is 389. The second kappa shape index (κ2) is 4.19. The zero-order valence-electron chi connectivity index (χ0n) is 7.54. The molecule has 0 aromatic heterocycles. The molecule has 0 aliphatic carbocycles. The van der Waals surface area contributed by atoms with Gasteiger partial charge in [-0.1, -0.05) is 6.07 Å². The normalized spacial score (nSPS) is 13.7. The molecule has 84 valence electrons. The minimum absolute atomic E-state index is 0.405. The van der Waals surface area contributed by atoms with Gasteiger partial charge in [-0.3, -0.25) is 0 Å². The summed E-state index contributed by atoms with van der Waals surface area (Å²) in [4.78, 5) is -0.405.